The molecule has 1 fully saturated rings. The van der Waals surface area contributed by atoms with Crippen LogP contribution in [-0.2, 0) is 14.3 Å². The molecule has 1 aliphatic rings. The van der Waals surface area contributed by atoms with E-state index in [4.69, 9.17) is 9.47 Å². The molecule has 2 unspecified atom stereocenters. The van der Waals surface area contributed by atoms with Crippen molar-refractivity contribution < 1.29 is 44.9 Å². The zero-order chi connectivity index (χ0) is 43.9. The number of unbranched alkanes of at least 4 members (excludes halogenated alkanes) is 33. The lowest BCUT2D eigenvalue weighted by molar-refractivity contribution is -0.303. The van der Waals surface area contributed by atoms with Crippen molar-refractivity contribution in [3.05, 3.63) is 0 Å². The molecular formula is C50H99NO9. The second kappa shape index (κ2) is 40.9. The van der Waals surface area contributed by atoms with E-state index in [9.17, 15) is 35.4 Å². The molecule has 0 radical (unpaired) electrons. The van der Waals surface area contributed by atoms with Crippen molar-refractivity contribution >= 4 is 5.91 Å². The van der Waals surface area contributed by atoms with Crippen LogP contribution < -0.4 is 5.32 Å². The van der Waals surface area contributed by atoms with E-state index in [1.807, 2.05) is 0 Å². The third kappa shape index (κ3) is 30.3. The van der Waals surface area contributed by atoms with E-state index < -0.39 is 55.6 Å². The average molecular weight is 858 g/mol. The summed E-state index contributed by atoms with van der Waals surface area (Å²) in [5, 5.41) is 65.3. The van der Waals surface area contributed by atoms with Gasteiger partial charge in [0.1, 0.15) is 30.5 Å². The lowest BCUT2D eigenvalue weighted by atomic mass is 9.98. The van der Waals surface area contributed by atoms with Gasteiger partial charge in [0.15, 0.2) is 6.29 Å². The first-order valence-electron chi connectivity index (χ1n) is 25.8. The van der Waals surface area contributed by atoms with Gasteiger partial charge < -0.3 is 45.4 Å². The number of nitrogens with one attached hydrogen (secondary N) is 1. The highest BCUT2D eigenvalue weighted by Crippen LogP contribution is 2.23. The topological polar surface area (TPSA) is 169 Å². The highest BCUT2D eigenvalue weighted by molar-refractivity contribution is 5.76. The number of rotatable bonds is 44. The highest BCUT2D eigenvalue weighted by atomic mass is 16.7. The van der Waals surface area contributed by atoms with E-state index in [0.717, 1.165) is 38.5 Å². The molecule has 1 heterocycles. The minimum atomic E-state index is -1.60. The van der Waals surface area contributed by atoms with Crippen LogP contribution >= 0.6 is 0 Å². The first kappa shape index (κ1) is 57.2. The quantitative estimate of drug-likeness (QED) is 0.0295. The Bertz CT molecular complexity index is 926. The standard InChI is InChI=1S/C50H99NO9/c1-3-5-7-9-11-13-15-17-18-19-20-21-22-23-24-25-26-27-29-31-33-35-37-39-45(54)51-42(41-59-50-49(58)48(57)47(56)44(40-52)60-50)46(55)43(53)38-36-34-32-30-28-16-14-12-10-8-6-4-2/h42-44,46-50,52-53,55-58H,3-41H2,1-2H3,(H,51,54)/t42-,43+,44?,46-,47-,48-,49?,50+/m0/s1. The van der Waals surface area contributed by atoms with Crippen molar-refractivity contribution in [2.45, 2.75) is 300 Å². The molecule has 8 atom stereocenters. The van der Waals surface area contributed by atoms with Crippen LogP contribution in [-0.4, -0.2) is 98.7 Å². The Hall–Kier alpha value is -0.850. The molecule has 1 amide bonds. The van der Waals surface area contributed by atoms with E-state index in [1.165, 1.54) is 186 Å². The van der Waals surface area contributed by atoms with E-state index in [-0.39, 0.29) is 18.9 Å². The summed E-state index contributed by atoms with van der Waals surface area (Å²) in [7, 11) is 0. The van der Waals surface area contributed by atoms with Gasteiger partial charge in [-0.05, 0) is 12.8 Å². The van der Waals surface area contributed by atoms with Crippen LogP contribution in [0.2, 0.25) is 0 Å². The van der Waals surface area contributed by atoms with E-state index in [2.05, 4.69) is 19.2 Å². The zero-order valence-corrected chi connectivity index (χ0v) is 39.1. The minimum absolute atomic E-state index is 0.252. The number of amides is 1. The van der Waals surface area contributed by atoms with Crippen LogP contribution in [0.4, 0.5) is 0 Å². The summed E-state index contributed by atoms with van der Waals surface area (Å²) in [6.07, 6.45) is 35.5. The van der Waals surface area contributed by atoms with Crippen molar-refractivity contribution in [3.63, 3.8) is 0 Å². The molecule has 0 spiro atoms. The predicted octanol–water partition coefficient (Wildman–Crippen LogP) is 10.5. The lowest BCUT2D eigenvalue weighted by Crippen LogP contribution is -2.60. The lowest BCUT2D eigenvalue weighted by Gasteiger charge is -2.40. The molecule has 1 rings (SSSR count). The molecule has 0 bridgehead atoms. The summed E-state index contributed by atoms with van der Waals surface area (Å²) < 4.78 is 11.2. The van der Waals surface area contributed by atoms with Crippen molar-refractivity contribution in [2.24, 2.45) is 0 Å². The fourth-order valence-electron chi connectivity index (χ4n) is 8.61. The summed E-state index contributed by atoms with van der Waals surface area (Å²) in [5.41, 5.74) is 0. The number of aliphatic hydroxyl groups is 6. The number of carbonyl (C=O) groups excluding carboxylic acids is 1. The fourth-order valence-corrected chi connectivity index (χ4v) is 8.61. The fraction of sp³-hybridized carbons (Fsp3) is 0.980. The van der Waals surface area contributed by atoms with E-state index >= 15 is 0 Å². The van der Waals surface area contributed by atoms with Gasteiger partial charge >= 0.3 is 0 Å². The van der Waals surface area contributed by atoms with Crippen LogP contribution in [0.5, 0.6) is 0 Å². The van der Waals surface area contributed by atoms with Gasteiger partial charge in [-0.2, -0.15) is 0 Å². The summed E-state index contributed by atoms with van der Waals surface area (Å²) >= 11 is 0. The smallest absolute Gasteiger partial charge is 0.220 e. The van der Waals surface area contributed by atoms with Gasteiger partial charge in [0.25, 0.3) is 0 Å². The number of aliphatic hydroxyl groups excluding tert-OH is 6. The Kier molecular flexibility index (Phi) is 39.0. The number of ether oxygens (including phenoxy) is 2. The number of carbonyl (C=O) groups is 1. The summed E-state index contributed by atoms with van der Waals surface area (Å²) in [6.45, 7) is 3.63. The van der Waals surface area contributed by atoms with Crippen LogP contribution in [0.3, 0.4) is 0 Å². The summed E-state index contributed by atoms with van der Waals surface area (Å²) in [5.74, 6) is -0.252. The molecule has 60 heavy (non-hydrogen) atoms. The second-order valence-electron chi connectivity index (χ2n) is 18.5. The third-order valence-corrected chi connectivity index (χ3v) is 12.8. The maximum Gasteiger partial charge on any atom is 0.220 e. The van der Waals surface area contributed by atoms with Gasteiger partial charge in [0.2, 0.25) is 5.91 Å². The molecular weight excluding hydrogens is 759 g/mol. The van der Waals surface area contributed by atoms with Gasteiger partial charge in [-0.15, -0.1) is 0 Å². The van der Waals surface area contributed by atoms with Crippen molar-refractivity contribution in [1.82, 2.24) is 5.32 Å². The Morgan fingerprint density at radius 3 is 1.23 bits per heavy atom. The van der Waals surface area contributed by atoms with Crippen LogP contribution in [0.15, 0.2) is 0 Å². The van der Waals surface area contributed by atoms with E-state index in [0.29, 0.717) is 6.42 Å². The molecule has 10 heteroatoms. The molecule has 0 aromatic carbocycles. The first-order valence-corrected chi connectivity index (χ1v) is 25.8. The Morgan fingerprint density at radius 2 is 0.867 bits per heavy atom. The maximum atomic E-state index is 13.0. The Balaban J connectivity index is 2.26. The third-order valence-electron chi connectivity index (χ3n) is 12.8. The SMILES string of the molecule is CCCCCCCCCCCCCCCCCCCCCCCCCC(=O)N[C@@H](CO[C@@H]1OC(CO)[C@H](O)[C@H](O)C1O)[C@H](O)[C@H](O)CCCCCCCCCCCCCC. The molecule has 358 valence electrons. The van der Waals surface area contributed by atoms with Crippen LogP contribution in [0, 0.1) is 0 Å². The average Bonchev–Trinajstić information content (AvgIpc) is 3.25. The number of hydrogen-bond donors (Lipinski definition) is 7. The molecule has 1 aliphatic heterocycles. The highest BCUT2D eigenvalue weighted by Gasteiger charge is 2.44. The van der Waals surface area contributed by atoms with Gasteiger partial charge in [0, 0.05) is 6.42 Å². The summed E-state index contributed by atoms with van der Waals surface area (Å²) in [6, 6.07) is -0.985. The molecule has 0 saturated carbocycles. The van der Waals surface area contributed by atoms with Crippen LogP contribution in [0.1, 0.15) is 251 Å². The van der Waals surface area contributed by atoms with Crippen molar-refractivity contribution in [3.8, 4) is 0 Å². The monoisotopic (exact) mass is 858 g/mol. The second-order valence-corrected chi connectivity index (χ2v) is 18.5. The van der Waals surface area contributed by atoms with Gasteiger partial charge in [-0.1, -0.05) is 232 Å². The Labute approximate surface area is 368 Å². The normalized spacial score (nSPS) is 21.0. The molecule has 10 nitrogen and oxygen atoms in total. The summed E-state index contributed by atoms with van der Waals surface area (Å²) in [4.78, 5) is 13.0. The minimum Gasteiger partial charge on any atom is -0.394 e. The molecule has 1 saturated heterocycles. The molecule has 0 aromatic heterocycles. The zero-order valence-electron chi connectivity index (χ0n) is 39.1. The van der Waals surface area contributed by atoms with Gasteiger partial charge in [-0.25, -0.2) is 0 Å². The number of hydrogen-bond acceptors (Lipinski definition) is 9. The van der Waals surface area contributed by atoms with Crippen LogP contribution in [0.25, 0.3) is 0 Å². The Morgan fingerprint density at radius 1 is 0.517 bits per heavy atom. The van der Waals surface area contributed by atoms with Crippen molar-refractivity contribution in [2.75, 3.05) is 13.2 Å². The van der Waals surface area contributed by atoms with Crippen molar-refractivity contribution in [1.29, 1.82) is 0 Å². The largest absolute Gasteiger partial charge is 0.394 e. The molecule has 7 N–H and O–H groups in total. The molecule has 0 aliphatic carbocycles. The predicted molar refractivity (Wildman–Crippen MR) is 246 cm³/mol. The maximum absolute atomic E-state index is 13.0. The van der Waals surface area contributed by atoms with E-state index in [1.54, 1.807) is 0 Å². The first-order chi connectivity index (χ1) is 29.3. The van der Waals surface area contributed by atoms with Gasteiger partial charge in [-0.3, -0.25) is 4.79 Å². The molecule has 0 aromatic rings. The van der Waals surface area contributed by atoms with Gasteiger partial charge in [0.05, 0.1) is 25.4 Å².